The van der Waals surface area contributed by atoms with Crippen LogP contribution in [-0.4, -0.2) is 30.2 Å². The number of halogens is 2. The molecule has 2 aromatic rings. The molecule has 1 aromatic heterocycles. The van der Waals surface area contributed by atoms with Gasteiger partial charge in [-0.1, -0.05) is 11.6 Å². The van der Waals surface area contributed by atoms with Gasteiger partial charge in [-0.15, -0.1) is 0 Å². The number of anilines is 3. The van der Waals surface area contributed by atoms with Crippen molar-refractivity contribution < 1.29 is 9.13 Å². The van der Waals surface area contributed by atoms with Crippen molar-refractivity contribution in [3.8, 4) is 0 Å². The smallest absolute Gasteiger partial charge is 0.229 e. The highest BCUT2D eigenvalue weighted by Crippen LogP contribution is 2.21. The maximum absolute atomic E-state index is 13.1. The number of nitrogens with one attached hydrogen (secondary N) is 2. The maximum Gasteiger partial charge on any atom is 0.229 e. The van der Waals surface area contributed by atoms with Crippen LogP contribution in [0, 0.1) is 5.82 Å². The van der Waals surface area contributed by atoms with Crippen LogP contribution in [0.5, 0.6) is 0 Å². The summed E-state index contributed by atoms with van der Waals surface area (Å²) < 4.78 is 18.1. The quantitative estimate of drug-likeness (QED) is 0.767. The number of rotatable bonds is 7. The van der Waals surface area contributed by atoms with Crippen LogP contribution in [0.25, 0.3) is 0 Å². The minimum Gasteiger partial charge on any atom is -0.385 e. The van der Waals surface area contributed by atoms with Crippen molar-refractivity contribution in [2.75, 3.05) is 30.9 Å². The Kier molecular flexibility index (Phi) is 5.71. The van der Waals surface area contributed by atoms with Crippen LogP contribution in [0.1, 0.15) is 6.42 Å². The van der Waals surface area contributed by atoms with Crippen molar-refractivity contribution in [3.05, 3.63) is 41.3 Å². The van der Waals surface area contributed by atoms with E-state index >= 15 is 0 Å². The van der Waals surface area contributed by atoms with E-state index in [9.17, 15) is 4.39 Å². The van der Waals surface area contributed by atoms with Crippen LogP contribution in [0.2, 0.25) is 5.02 Å². The predicted octanol–water partition coefficient (Wildman–Crippen LogP) is 3.46. The van der Waals surface area contributed by atoms with E-state index in [4.69, 9.17) is 16.3 Å². The zero-order chi connectivity index (χ0) is 15.1. The molecule has 0 aliphatic heterocycles. The molecule has 0 spiro atoms. The lowest BCUT2D eigenvalue weighted by molar-refractivity contribution is 0.198. The molecule has 5 nitrogen and oxygen atoms in total. The van der Waals surface area contributed by atoms with Gasteiger partial charge in [0, 0.05) is 32.1 Å². The summed E-state index contributed by atoms with van der Waals surface area (Å²) in [4.78, 5) is 8.41. The van der Waals surface area contributed by atoms with Crippen molar-refractivity contribution in [1.82, 2.24) is 9.97 Å². The average molecular weight is 311 g/mol. The molecule has 0 saturated heterocycles. The molecule has 0 bridgehead atoms. The fourth-order valence-corrected chi connectivity index (χ4v) is 1.83. The maximum atomic E-state index is 13.1. The first-order valence-corrected chi connectivity index (χ1v) is 6.85. The van der Waals surface area contributed by atoms with Crippen LogP contribution in [0.3, 0.4) is 0 Å². The van der Waals surface area contributed by atoms with Crippen molar-refractivity contribution in [1.29, 1.82) is 0 Å². The van der Waals surface area contributed by atoms with Crippen molar-refractivity contribution in [3.63, 3.8) is 0 Å². The molecule has 0 aliphatic rings. The first-order chi connectivity index (χ1) is 10.2. The highest BCUT2D eigenvalue weighted by molar-refractivity contribution is 6.31. The van der Waals surface area contributed by atoms with Gasteiger partial charge in [0.2, 0.25) is 5.95 Å². The lowest BCUT2D eigenvalue weighted by Crippen LogP contribution is -2.07. The Morgan fingerprint density at radius 3 is 2.95 bits per heavy atom. The summed E-state index contributed by atoms with van der Waals surface area (Å²) in [5.41, 5.74) is 0.623. The number of ether oxygens (including phenoxy) is 1. The number of nitrogens with zero attached hydrogens (tertiary/aromatic N) is 2. The number of methoxy groups -OCH3 is 1. The van der Waals surface area contributed by atoms with E-state index in [1.807, 2.05) is 0 Å². The molecule has 2 rings (SSSR count). The van der Waals surface area contributed by atoms with Crippen LogP contribution < -0.4 is 10.6 Å². The second kappa shape index (κ2) is 7.75. The van der Waals surface area contributed by atoms with Gasteiger partial charge in [-0.25, -0.2) is 9.37 Å². The fraction of sp³-hybridized carbons (Fsp3) is 0.286. The van der Waals surface area contributed by atoms with Gasteiger partial charge in [0.1, 0.15) is 11.6 Å². The van der Waals surface area contributed by atoms with Gasteiger partial charge in [0.25, 0.3) is 0 Å². The Labute approximate surface area is 127 Å². The lowest BCUT2D eigenvalue weighted by atomic mass is 10.3. The van der Waals surface area contributed by atoms with Crippen molar-refractivity contribution in [2.45, 2.75) is 6.42 Å². The molecule has 112 valence electrons. The lowest BCUT2D eigenvalue weighted by Gasteiger charge is -2.08. The third kappa shape index (κ3) is 4.84. The zero-order valence-corrected chi connectivity index (χ0v) is 12.3. The molecule has 7 heteroatoms. The summed E-state index contributed by atoms with van der Waals surface area (Å²) in [6.45, 7) is 1.45. The van der Waals surface area contributed by atoms with E-state index < -0.39 is 5.82 Å². The second-order valence-electron chi connectivity index (χ2n) is 4.29. The number of benzene rings is 1. The Bertz CT molecular complexity index is 597. The number of hydrogen-bond donors (Lipinski definition) is 2. The van der Waals surface area contributed by atoms with Gasteiger partial charge in [-0.2, -0.15) is 4.98 Å². The largest absolute Gasteiger partial charge is 0.385 e. The van der Waals surface area contributed by atoms with Crippen LogP contribution in [0.15, 0.2) is 30.5 Å². The summed E-state index contributed by atoms with van der Waals surface area (Å²) in [5, 5.41) is 6.19. The van der Waals surface area contributed by atoms with Gasteiger partial charge < -0.3 is 15.4 Å². The monoisotopic (exact) mass is 310 g/mol. The van der Waals surface area contributed by atoms with E-state index in [0.717, 1.165) is 13.0 Å². The molecular formula is C14H16ClFN4O. The van der Waals surface area contributed by atoms with E-state index in [1.54, 1.807) is 25.4 Å². The summed E-state index contributed by atoms with van der Waals surface area (Å²) in [6, 6.07) is 6.12. The molecule has 0 unspecified atom stereocenters. The van der Waals surface area contributed by atoms with Crippen LogP contribution in [0.4, 0.5) is 21.8 Å². The standard InChI is InChI=1S/C14H16ClFN4O/c1-21-8-2-6-17-13-5-7-18-14(20-13)19-10-3-4-12(16)11(15)9-10/h3-5,7,9H,2,6,8H2,1H3,(H2,17,18,19,20). The fourth-order valence-electron chi connectivity index (χ4n) is 1.65. The van der Waals surface area contributed by atoms with E-state index in [-0.39, 0.29) is 5.02 Å². The van der Waals surface area contributed by atoms with E-state index in [2.05, 4.69) is 20.6 Å². The Balaban J connectivity index is 1.98. The molecular weight excluding hydrogens is 295 g/mol. The molecule has 0 aliphatic carbocycles. The molecule has 0 radical (unpaired) electrons. The average Bonchev–Trinajstić information content (AvgIpc) is 2.48. The van der Waals surface area contributed by atoms with E-state index in [0.29, 0.717) is 24.1 Å². The summed E-state index contributed by atoms with van der Waals surface area (Å²) in [5.74, 6) is 0.655. The summed E-state index contributed by atoms with van der Waals surface area (Å²) in [6.07, 6.45) is 2.52. The third-order valence-corrected chi connectivity index (χ3v) is 2.95. The highest BCUT2D eigenvalue weighted by Gasteiger charge is 2.03. The Morgan fingerprint density at radius 2 is 2.19 bits per heavy atom. The normalized spacial score (nSPS) is 10.4. The Hall–Kier alpha value is -1.92. The van der Waals surface area contributed by atoms with Crippen molar-refractivity contribution in [2.24, 2.45) is 0 Å². The van der Waals surface area contributed by atoms with E-state index in [1.165, 1.54) is 12.1 Å². The molecule has 21 heavy (non-hydrogen) atoms. The molecule has 1 aromatic carbocycles. The minimum atomic E-state index is -0.461. The summed E-state index contributed by atoms with van der Waals surface area (Å²) >= 11 is 5.73. The van der Waals surface area contributed by atoms with Gasteiger partial charge in [-0.05, 0) is 30.7 Å². The third-order valence-electron chi connectivity index (χ3n) is 2.66. The molecule has 1 heterocycles. The topological polar surface area (TPSA) is 59.1 Å². The first-order valence-electron chi connectivity index (χ1n) is 6.47. The number of hydrogen-bond acceptors (Lipinski definition) is 5. The van der Waals surface area contributed by atoms with Gasteiger partial charge in [0.05, 0.1) is 5.02 Å². The molecule has 0 atom stereocenters. The second-order valence-corrected chi connectivity index (χ2v) is 4.70. The molecule has 2 N–H and O–H groups in total. The van der Waals surface area contributed by atoms with Crippen LogP contribution >= 0.6 is 11.6 Å². The van der Waals surface area contributed by atoms with Gasteiger partial charge in [-0.3, -0.25) is 0 Å². The zero-order valence-electron chi connectivity index (χ0n) is 11.6. The number of aromatic nitrogens is 2. The molecule has 0 amide bonds. The Morgan fingerprint density at radius 1 is 1.33 bits per heavy atom. The van der Waals surface area contributed by atoms with Crippen LogP contribution in [-0.2, 0) is 4.74 Å². The van der Waals surface area contributed by atoms with Gasteiger partial charge >= 0.3 is 0 Å². The molecule has 0 fully saturated rings. The molecule has 0 saturated carbocycles. The minimum absolute atomic E-state index is 0.0499. The highest BCUT2D eigenvalue weighted by atomic mass is 35.5. The predicted molar refractivity (Wildman–Crippen MR) is 81.7 cm³/mol. The van der Waals surface area contributed by atoms with Gasteiger partial charge in [0.15, 0.2) is 0 Å². The first kappa shape index (κ1) is 15.5. The summed E-state index contributed by atoms with van der Waals surface area (Å²) in [7, 11) is 1.67. The van der Waals surface area contributed by atoms with Crippen molar-refractivity contribution >= 4 is 29.1 Å². The SMILES string of the molecule is COCCCNc1ccnc(Nc2ccc(F)c(Cl)c2)n1.